The lowest BCUT2D eigenvalue weighted by Gasteiger charge is -2.33. The Bertz CT molecular complexity index is 400. The van der Waals surface area contributed by atoms with Crippen LogP contribution in [0.25, 0.3) is 0 Å². The van der Waals surface area contributed by atoms with Crippen LogP contribution < -0.4 is 15.8 Å². The number of rotatable bonds is 5. The van der Waals surface area contributed by atoms with Gasteiger partial charge in [-0.1, -0.05) is 20.8 Å². The average Bonchev–Trinajstić information content (AvgIpc) is 2.27. The number of ether oxygens (including phenoxy) is 1. The Morgan fingerprint density at radius 1 is 1.44 bits per heavy atom. The fourth-order valence-corrected chi connectivity index (χ4v) is 2.12. The summed E-state index contributed by atoms with van der Waals surface area (Å²) in [5.74, 6) is 2.70. The summed E-state index contributed by atoms with van der Waals surface area (Å²) in [7, 11) is 0. The molecule has 1 aliphatic carbocycles. The van der Waals surface area contributed by atoms with Gasteiger partial charge in [-0.3, -0.25) is 0 Å². The molecule has 0 aliphatic heterocycles. The molecule has 1 saturated carbocycles. The molecule has 0 aromatic carbocycles. The predicted molar refractivity (Wildman–Crippen MR) is 74.8 cm³/mol. The van der Waals surface area contributed by atoms with Gasteiger partial charge in [-0.2, -0.15) is 4.98 Å². The van der Waals surface area contributed by atoms with E-state index in [1.807, 2.05) is 12.1 Å². The van der Waals surface area contributed by atoms with Crippen LogP contribution in [0, 0.1) is 11.8 Å². The van der Waals surface area contributed by atoms with E-state index in [1.165, 1.54) is 12.8 Å². The van der Waals surface area contributed by atoms with E-state index in [9.17, 15) is 0 Å². The van der Waals surface area contributed by atoms with Gasteiger partial charge >= 0.3 is 0 Å². The van der Waals surface area contributed by atoms with Crippen molar-refractivity contribution in [2.45, 2.75) is 39.7 Å². The fraction of sp³-hybridized carbons (Fsp3) is 0.643. The molecule has 0 unspecified atom stereocenters. The normalized spacial score (nSPS) is 22.7. The van der Waals surface area contributed by atoms with E-state index >= 15 is 0 Å². The molecule has 0 saturated heterocycles. The molecule has 4 heteroatoms. The Morgan fingerprint density at radius 2 is 2.17 bits per heavy atom. The number of nitrogens with two attached hydrogens (primary N) is 1. The molecular formula is C14H23N3O. The minimum absolute atomic E-state index is 0.468. The highest BCUT2D eigenvalue weighted by atomic mass is 16.5. The second kappa shape index (κ2) is 5.46. The van der Waals surface area contributed by atoms with Gasteiger partial charge in [0.25, 0.3) is 0 Å². The molecule has 0 atom stereocenters. The highest BCUT2D eigenvalue weighted by Crippen LogP contribution is 2.30. The van der Waals surface area contributed by atoms with E-state index in [4.69, 9.17) is 10.5 Å². The van der Waals surface area contributed by atoms with Crippen molar-refractivity contribution in [1.82, 2.24) is 4.98 Å². The Kier molecular flexibility index (Phi) is 3.94. The molecule has 1 fully saturated rings. The summed E-state index contributed by atoms with van der Waals surface area (Å²) in [4.78, 5) is 4.43. The fourth-order valence-electron chi connectivity index (χ4n) is 2.12. The third-order valence-corrected chi connectivity index (χ3v) is 3.17. The standard InChI is InChI=1S/C14H23N3O/c1-9(2)8-18-14-12(15)4-5-13(17-14)16-11-6-10(3)7-11/h4-5,9-11H,6-8,15H2,1-3H3,(H,16,17). The molecule has 1 aliphatic rings. The molecule has 18 heavy (non-hydrogen) atoms. The number of hydrogen-bond donors (Lipinski definition) is 2. The van der Waals surface area contributed by atoms with E-state index in [2.05, 4.69) is 31.1 Å². The van der Waals surface area contributed by atoms with Gasteiger partial charge in [-0.05, 0) is 36.8 Å². The Labute approximate surface area is 109 Å². The van der Waals surface area contributed by atoms with E-state index in [-0.39, 0.29) is 0 Å². The first-order chi connectivity index (χ1) is 8.54. The molecular weight excluding hydrogens is 226 g/mol. The maximum Gasteiger partial charge on any atom is 0.239 e. The Morgan fingerprint density at radius 3 is 2.78 bits per heavy atom. The number of aromatic nitrogens is 1. The van der Waals surface area contributed by atoms with Gasteiger partial charge in [0.2, 0.25) is 5.88 Å². The third kappa shape index (κ3) is 3.28. The van der Waals surface area contributed by atoms with Crippen molar-refractivity contribution in [3.63, 3.8) is 0 Å². The van der Waals surface area contributed by atoms with Crippen LogP contribution in [-0.2, 0) is 0 Å². The molecule has 0 spiro atoms. The summed E-state index contributed by atoms with van der Waals surface area (Å²) in [6, 6.07) is 4.32. The first-order valence-electron chi connectivity index (χ1n) is 6.70. The first kappa shape index (κ1) is 13.0. The summed E-state index contributed by atoms with van der Waals surface area (Å²) < 4.78 is 5.62. The van der Waals surface area contributed by atoms with Crippen molar-refractivity contribution in [2.24, 2.45) is 11.8 Å². The minimum atomic E-state index is 0.468. The lowest BCUT2D eigenvalue weighted by molar-refractivity contribution is 0.262. The van der Waals surface area contributed by atoms with Crippen LogP contribution in [0.5, 0.6) is 5.88 Å². The first-order valence-corrected chi connectivity index (χ1v) is 6.70. The lowest BCUT2D eigenvalue weighted by atomic mass is 9.82. The Hall–Kier alpha value is -1.45. The lowest BCUT2D eigenvalue weighted by Crippen LogP contribution is -2.34. The van der Waals surface area contributed by atoms with E-state index in [1.54, 1.807) is 0 Å². The summed E-state index contributed by atoms with van der Waals surface area (Å²) in [6.07, 6.45) is 2.43. The van der Waals surface area contributed by atoms with Gasteiger partial charge < -0.3 is 15.8 Å². The molecule has 1 heterocycles. The second-order valence-corrected chi connectivity index (χ2v) is 5.71. The maximum atomic E-state index is 5.86. The minimum Gasteiger partial charge on any atom is -0.476 e. The van der Waals surface area contributed by atoms with Gasteiger partial charge in [0, 0.05) is 6.04 Å². The summed E-state index contributed by atoms with van der Waals surface area (Å²) >= 11 is 0. The molecule has 1 aromatic rings. The topological polar surface area (TPSA) is 60.2 Å². The van der Waals surface area contributed by atoms with Gasteiger partial charge in [0.05, 0.1) is 12.3 Å². The quantitative estimate of drug-likeness (QED) is 0.842. The van der Waals surface area contributed by atoms with Crippen molar-refractivity contribution in [1.29, 1.82) is 0 Å². The number of nitrogen functional groups attached to an aromatic ring is 1. The molecule has 100 valence electrons. The molecule has 3 N–H and O–H groups in total. The van der Waals surface area contributed by atoms with Crippen LogP contribution in [-0.4, -0.2) is 17.6 Å². The predicted octanol–water partition coefficient (Wildman–Crippen LogP) is 2.91. The molecule has 0 radical (unpaired) electrons. The highest BCUT2D eigenvalue weighted by Gasteiger charge is 2.25. The zero-order valence-corrected chi connectivity index (χ0v) is 11.4. The number of hydrogen-bond acceptors (Lipinski definition) is 4. The van der Waals surface area contributed by atoms with E-state index < -0.39 is 0 Å². The molecule has 4 nitrogen and oxygen atoms in total. The van der Waals surface area contributed by atoms with E-state index in [0.29, 0.717) is 30.1 Å². The van der Waals surface area contributed by atoms with Crippen LogP contribution in [0.1, 0.15) is 33.6 Å². The van der Waals surface area contributed by atoms with Gasteiger partial charge in [-0.25, -0.2) is 0 Å². The van der Waals surface area contributed by atoms with E-state index in [0.717, 1.165) is 11.7 Å². The summed E-state index contributed by atoms with van der Waals surface area (Å²) in [5, 5.41) is 3.42. The van der Waals surface area contributed by atoms with Crippen molar-refractivity contribution >= 4 is 11.5 Å². The largest absolute Gasteiger partial charge is 0.476 e. The monoisotopic (exact) mass is 249 g/mol. The Balaban J connectivity index is 1.97. The van der Waals surface area contributed by atoms with Crippen molar-refractivity contribution in [3.05, 3.63) is 12.1 Å². The SMILES string of the molecule is CC(C)COc1nc(NC2CC(C)C2)ccc1N. The zero-order valence-electron chi connectivity index (χ0n) is 11.4. The number of anilines is 2. The number of pyridine rings is 1. The molecule has 0 bridgehead atoms. The van der Waals surface area contributed by atoms with Gasteiger partial charge in [-0.15, -0.1) is 0 Å². The van der Waals surface area contributed by atoms with Gasteiger partial charge in [0.1, 0.15) is 5.82 Å². The second-order valence-electron chi connectivity index (χ2n) is 5.71. The maximum absolute atomic E-state index is 5.86. The smallest absolute Gasteiger partial charge is 0.239 e. The summed E-state index contributed by atoms with van der Waals surface area (Å²) in [5.41, 5.74) is 6.46. The average molecular weight is 249 g/mol. The van der Waals surface area contributed by atoms with Crippen LogP contribution in [0.2, 0.25) is 0 Å². The van der Waals surface area contributed by atoms with Crippen molar-refractivity contribution in [3.8, 4) is 5.88 Å². The summed E-state index contributed by atoms with van der Waals surface area (Å²) in [6.45, 7) is 7.12. The van der Waals surface area contributed by atoms with Crippen LogP contribution >= 0.6 is 0 Å². The highest BCUT2D eigenvalue weighted by molar-refractivity contribution is 5.54. The molecule has 2 rings (SSSR count). The van der Waals surface area contributed by atoms with Crippen LogP contribution in [0.4, 0.5) is 11.5 Å². The molecule has 0 amide bonds. The number of nitrogens with zero attached hydrogens (tertiary/aromatic N) is 1. The van der Waals surface area contributed by atoms with Crippen molar-refractivity contribution < 1.29 is 4.74 Å². The van der Waals surface area contributed by atoms with Gasteiger partial charge in [0.15, 0.2) is 0 Å². The number of nitrogens with one attached hydrogen (secondary N) is 1. The van der Waals surface area contributed by atoms with Crippen LogP contribution in [0.3, 0.4) is 0 Å². The molecule has 1 aromatic heterocycles. The zero-order chi connectivity index (χ0) is 13.1. The van der Waals surface area contributed by atoms with Crippen LogP contribution in [0.15, 0.2) is 12.1 Å². The van der Waals surface area contributed by atoms with Crippen molar-refractivity contribution in [2.75, 3.05) is 17.7 Å². The third-order valence-electron chi connectivity index (χ3n) is 3.17.